The fourth-order valence-electron chi connectivity index (χ4n) is 3.47. The van der Waals surface area contributed by atoms with E-state index in [-0.39, 0.29) is 11.8 Å². The Morgan fingerprint density at radius 2 is 2.07 bits per heavy atom. The van der Waals surface area contributed by atoms with Crippen molar-refractivity contribution >= 4 is 16.0 Å². The largest absolute Gasteiger partial charge is 0.354 e. The fourth-order valence-corrected chi connectivity index (χ4v) is 5.01. The minimum atomic E-state index is -3.11. The molecule has 0 radical (unpaired) electrons. The third-order valence-corrected chi connectivity index (χ3v) is 7.09. The third-order valence-electron chi connectivity index (χ3n) is 5.01. The lowest BCUT2D eigenvalue weighted by Gasteiger charge is -2.32. The number of aliphatic imine (C=N–C) groups is 1. The number of piperidine rings is 1. The number of hydrogen-bond donors (Lipinski definition) is 2. The monoisotopic (exact) mass is 418 g/mol. The number of nitrogens with one attached hydrogen (secondary N) is 2. The van der Waals surface area contributed by atoms with E-state index in [2.05, 4.69) is 32.9 Å². The van der Waals surface area contributed by atoms with Crippen LogP contribution in [0.4, 0.5) is 0 Å². The first kappa shape index (κ1) is 21.3. The van der Waals surface area contributed by atoms with Crippen LogP contribution in [0.25, 0.3) is 5.69 Å². The maximum atomic E-state index is 12.2. The van der Waals surface area contributed by atoms with E-state index in [0.717, 1.165) is 30.1 Å². The van der Waals surface area contributed by atoms with Crippen LogP contribution >= 0.6 is 0 Å². The molecule has 0 spiro atoms. The summed E-state index contributed by atoms with van der Waals surface area (Å²) in [5, 5.41) is 11.0. The molecule has 1 aromatic heterocycles. The molecular formula is C20H30N6O2S. The van der Waals surface area contributed by atoms with Gasteiger partial charge in [-0.15, -0.1) is 0 Å². The highest BCUT2D eigenvalue weighted by Gasteiger charge is 2.27. The minimum absolute atomic E-state index is 0.213. The van der Waals surface area contributed by atoms with Crippen molar-refractivity contribution in [1.29, 1.82) is 0 Å². The van der Waals surface area contributed by atoms with Crippen molar-refractivity contribution in [2.45, 2.75) is 38.8 Å². The molecule has 8 nitrogen and oxygen atoms in total. The average molecular weight is 419 g/mol. The maximum Gasteiger partial charge on any atom is 0.214 e. The summed E-state index contributed by atoms with van der Waals surface area (Å²) < 4.78 is 27.9. The smallest absolute Gasteiger partial charge is 0.214 e. The Labute approximate surface area is 173 Å². The Bertz CT molecular complexity index is 903. The van der Waals surface area contributed by atoms with Crippen LogP contribution in [-0.2, 0) is 16.6 Å². The number of aromatic nitrogens is 2. The van der Waals surface area contributed by atoms with Gasteiger partial charge >= 0.3 is 0 Å². The number of nitrogens with zero attached hydrogens (tertiary/aromatic N) is 4. The molecule has 0 aliphatic carbocycles. The van der Waals surface area contributed by atoms with Gasteiger partial charge in [-0.1, -0.05) is 19.1 Å². The molecule has 1 saturated heterocycles. The molecule has 0 bridgehead atoms. The Balaban J connectivity index is 1.50. The van der Waals surface area contributed by atoms with E-state index in [4.69, 9.17) is 0 Å². The molecule has 0 atom stereocenters. The van der Waals surface area contributed by atoms with Crippen molar-refractivity contribution in [3.05, 3.63) is 48.3 Å². The van der Waals surface area contributed by atoms with Gasteiger partial charge in [0.15, 0.2) is 5.96 Å². The molecule has 2 N–H and O–H groups in total. The minimum Gasteiger partial charge on any atom is -0.354 e. The number of hydrogen-bond acceptors (Lipinski definition) is 4. The fraction of sp³-hybridized carbons (Fsp3) is 0.500. The van der Waals surface area contributed by atoms with E-state index in [1.165, 1.54) is 0 Å². The van der Waals surface area contributed by atoms with E-state index in [9.17, 15) is 8.42 Å². The van der Waals surface area contributed by atoms with E-state index in [1.54, 1.807) is 17.5 Å². The van der Waals surface area contributed by atoms with Gasteiger partial charge in [0.05, 0.1) is 11.4 Å². The summed E-state index contributed by atoms with van der Waals surface area (Å²) in [5.74, 6) is 0.954. The zero-order valence-electron chi connectivity index (χ0n) is 17.1. The van der Waals surface area contributed by atoms with Gasteiger partial charge in [0.25, 0.3) is 0 Å². The molecule has 0 unspecified atom stereocenters. The molecule has 1 aliphatic rings. The standard InChI is InChI=1S/C20H30N6O2S/c1-3-14-29(27,28)25-12-8-18(9-13-25)24-20(21-2)22-16-17-6-4-7-19(15-17)26-11-5-10-23-26/h4-7,10-11,15,18H,3,8-9,12-14,16H2,1-2H3,(H2,21,22,24). The van der Waals surface area contributed by atoms with Gasteiger partial charge < -0.3 is 10.6 Å². The van der Waals surface area contributed by atoms with Crippen molar-refractivity contribution in [1.82, 2.24) is 24.7 Å². The van der Waals surface area contributed by atoms with Crippen LogP contribution in [0.3, 0.4) is 0 Å². The molecule has 2 aromatic rings. The lowest BCUT2D eigenvalue weighted by Crippen LogP contribution is -2.49. The SMILES string of the molecule is CCCS(=O)(=O)N1CCC(NC(=NC)NCc2cccc(-n3cccn3)c2)CC1. The van der Waals surface area contributed by atoms with Gasteiger partial charge in [-0.2, -0.15) is 5.10 Å². The van der Waals surface area contributed by atoms with Crippen LogP contribution in [0.15, 0.2) is 47.7 Å². The van der Waals surface area contributed by atoms with E-state index < -0.39 is 10.0 Å². The molecule has 0 saturated carbocycles. The second-order valence-corrected chi connectivity index (χ2v) is 9.27. The topological polar surface area (TPSA) is 91.6 Å². The third kappa shape index (κ3) is 5.80. The molecule has 29 heavy (non-hydrogen) atoms. The quantitative estimate of drug-likeness (QED) is 0.528. The maximum absolute atomic E-state index is 12.2. The first-order valence-electron chi connectivity index (χ1n) is 10.1. The van der Waals surface area contributed by atoms with Crippen molar-refractivity contribution in [2.75, 3.05) is 25.9 Å². The zero-order chi connectivity index (χ0) is 20.7. The molecule has 3 rings (SSSR count). The molecule has 158 valence electrons. The molecule has 9 heteroatoms. The Morgan fingerprint density at radius 1 is 1.28 bits per heavy atom. The normalized spacial score (nSPS) is 16.7. The van der Waals surface area contributed by atoms with Crippen LogP contribution in [-0.4, -0.2) is 60.4 Å². The van der Waals surface area contributed by atoms with Crippen LogP contribution < -0.4 is 10.6 Å². The summed E-state index contributed by atoms with van der Waals surface area (Å²) in [6.07, 6.45) is 5.88. The molecule has 1 aliphatic heterocycles. The highest BCUT2D eigenvalue weighted by molar-refractivity contribution is 7.89. The summed E-state index contributed by atoms with van der Waals surface area (Å²) in [5.41, 5.74) is 2.14. The van der Waals surface area contributed by atoms with Crippen LogP contribution in [0.5, 0.6) is 0 Å². The van der Waals surface area contributed by atoms with Gasteiger partial charge in [-0.05, 0) is 43.0 Å². The van der Waals surface area contributed by atoms with Crippen LogP contribution in [0.1, 0.15) is 31.7 Å². The zero-order valence-corrected chi connectivity index (χ0v) is 17.9. The number of benzene rings is 1. The van der Waals surface area contributed by atoms with Crippen LogP contribution in [0.2, 0.25) is 0 Å². The van der Waals surface area contributed by atoms with Gasteiger partial charge in [-0.25, -0.2) is 17.4 Å². The summed E-state index contributed by atoms with van der Waals surface area (Å²) in [6, 6.07) is 10.3. The summed E-state index contributed by atoms with van der Waals surface area (Å²) in [7, 11) is -1.36. The predicted octanol–water partition coefficient (Wildman–Crippen LogP) is 1.74. The van der Waals surface area contributed by atoms with Gasteiger partial charge in [0, 0.05) is 45.1 Å². The highest BCUT2D eigenvalue weighted by Crippen LogP contribution is 2.15. The Hall–Kier alpha value is -2.39. The Morgan fingerprint density at radius 3 is 2.72 bits per heavy atom. The Kier molecular flexibility index (Phi) is 7.27. The van der Waals surface area contributed by atoms with E-state index >= 15 is 0 Å². The molecule has 0 amide bonds. The van der Waals surface area contributed by atoms with Crippen molar-refractivity contribution in [2.24, 2.45) is 4.99 Å². The number of rotatable bonds is 7. The number of sulfonamides is 1. The summed E-state index contributed by atoms with van der Waals surface area (Å²) in [4.78, 5) is 4.31. The summed E-state index contributed by atoms with van der Waals surface area (Å²) >= 11 is 0. The van der Waals surface area contributed by atoms with Crippen molar-refractivity contribution in [3.63, 3.8) is 0 Å². The first-order chi connectivity index (χ1) is 14.0. The summed E-state index contributed by atoms with van der Waals surface area (Å²) in [6.45, 7) is 3.65. The first-order valence-corrected chi connectivity index (χ1v) is 11.7. The lowest BCUT2D eigenvalue weighted by molar-refractivity contribution is 0.306. The molecule has 2 heterocycles. The average Bonchev–Trinajstić information content (AvgIpc) is 3.26. The predicted molar refractivity (Wildman–Crippen MR) is 116 cm³/mol. The number of guanidine groups is 1. The van der Waals surface area contributed by atoms with Crippen molar-refractivity contribution < 1.29 is 8.42 Å². The molecule has 1 aromatic carbocycles. The molecular weight excluding hydrogens is 388 g/mol. The van der Waals surface area contributed by atoms with E-state index in [1.807, 2.05) is 36.0 Å². The van der Waals surface area contributed by atoms with Gasteiger partial charge in [-0.3, -0.25) is 4.99 Å². The van der Waals surface area contributed by atoms with Gasteiger partial charge in [0.1, 0.15) is 0 Å². The second kappa shape index (κ2) is 9.89. The second-order valence-electron chi connectivity index (χ2n) is 7.18. The van der Waals surface area contributed by atoms with Gasteiger partial charge in [0.2, 0.25) is 10.0 Å². The van der Waals surface area contributed by atoms with Crippen LogP contribution in [0, 0.1) is 0 Å². The van der Waals surface area contributed by atoms with E-state index in [0.29, 0.717) is 26.1 Å². The molecule has 1 fully saturated rings. The van der Waals surface area contributed by atoms with Crippen molar-refractivity contribution in [3.8, 4) is 5.69 Å². The lowest BCUT2D eigenvalue weighted by atomic mass is 10.1. The highest BCUT2D eigenvalue weighted by atomic mass is 32.2.